The summed E-state index contributed by atoms with van der Waals surface area (Å²) >= 11 is 0. The van der Waals surface area contributed by atoms with Crippen molar-refractivity contribution in [1.82, 2.24) is 5.16 Å². The van der Waals surface area contributed by atoms with E-state index in [0.29, 0.717) is 18.7 Å². The largest absolute Gasteiger partial charge is 0.478 e. The maximum Gasteiger partial charge on any atom is 0.268 e. The Kier molecular flexibility index (Phi) is 4.32. The number of aromatic nitrogens is 1. The zero-order valence-electron chi connectivity index (χ0n) is 14.5. The number of hydrogen-bond acceptors (Lipinski definition) is 5. The number of anilines is 1. The molecule has 128 valence electrons. The normalized spacial score (nSPS) is 18.3. The van der Waals surface area contributed by atoms with E-state index in [-0.39, 0.29) is 11.9 Å². The highest BCUT2D eigenvalue weighted by atomic mass is 16.5. The Balaban J connectivity index is 2.06. The first kappa shape index (κ1) is 16.5. The van der Waals surface area contributed by atoms with Crippen molar-refractivity contribution in [2.24, 2.45) is 5.73 Å². The third kappa shape index (κ3) is 2.78. The Hall–Kier alpha value is -2.34. The van der Waals surface area contributed by atoms with Gasteiger partial charge in [-0.25, -0.2) is 0 Å². The van der Waals surface area contributed by atoms with E-state index in [2.05, 4.69) is 5.16 Å². The lowest BCUT2D eigenvalue weighted by Gasteiger charge is -2.34. The third-order valence-corrected chi connectivity index (χ3v) is 4.48. The Labute approximate surface area is 141 Å². The number of nitrogens with two attached hydrogens (primary N) is 1. The highest BCUT2D eigenvalue weighted by Gasteiger charge is 2.34. The second-order valence-corrected chi connectivity index (χ2v) is 6.26. The molecule has 2 heterocycles. The lowest BCUT2D eigenvalue weighted by molar-refractivity contribution is -0.126. The van der Waals surface area contributed by atoms with Crippen molar-refractivity contribution in [3.05, 3.63) is 40.8 Å². The van der Waals surface area contributed by atoms with Gasteiger partial charge in [0, 0.05) is 11.6 Å². The molecule has 2 atom stereocenters. The van der Waals surface area contributed by atoms with Crippen LogP contribution in [0.4, 0.5) is 5.69 Å². The van der Waals surface area contributed by atoms with Gasteiger partial charge in [-0.05, 0) is 44.9 Å². The van der Waals surface area contributed by atoms with Gasteiger partial charge in [0.2, 0.25) is 0 Å². The Bertz CT molecular complexity index is 747. The highest BCUT2D eigenvalue weighted by molar-refractivity contribution is 6.00. The summed E-state index contributed by atoms with van der Waals surface area (Å²) in [6, 6.07) is 5.65. The lowest BCUT2D eigenvalue weighted by Crippen LogP contribution is -2.45. The fourth-order valence-electron chi connectivity index (χ4n) is 2.93. The van der Waals surface area contributed by atoms with Crippen molar-refractivity contribution in [2.45, 2.75) is 52.8 Å². The predicted molar refractivity (Wildman–Crippen MR) is 90.9 cm³/mol. The summed E-state index contributed by atoms with van der Waals surface area (Å²) in [4.78, 5) is 14.6. The molecule has 1 aliphatic heterocycles. The van der Waals surface area contributed by atoms with Gasteiger partial charge < -0.3 is 19.9 Å². The molecule has 0 fully saturated rings. The minimum atomic E-state index is -0.473. The molecule has 1 amide bonds. The van der Waals surface area contributed by atoms with E-state index in [9.17, 15) is 4.79 Å². The summed E-state index contributed by atoms with van der Waals surface area (Å²) < 4.78 is 11.1. The number of rotatable bonds is 4. The SMILES string of the molecule is CCC1Oc2ccc(C(C)N)cc2N(Cc2c(C)noc2C)C1=O. The zero-order chi connectivity index (χ0) is 17.4. The molecule has 3 rings (SSSR count). The molecule has 0 saturated heterocycles. The van der Waals surface area contributed by atoms with Gasteiger partial charge in [0.15, 0.2) is 6.10 Å². The van der Waals surface area contributed by atoms with E-state index >= 15 is 0 Å². The molecule has 0 radical (unpaired) electrons. The fraction of sp³-hybridized carbons (Fsp3) is 0.444. The molecule has 2 unspecified atom stereocenters. The smallest absolute Gasteiger partial charge is 0.268 e. The van der Waals surface area contributed by atoms with Crippen molar-refractivity contribution < 1.29 is 14.1 Å². The minimum absolute atomic E-state index is 0.0492. The van der Waals surface area contributed by atoms with Gasteiger partial charge in [-0.3, -0.25) is 4.79 Å². The third-order valence-electron chi connectivity index (χ3n) is 4.48. The molecule has 0 spiro atoms. The summed E-state index contributed by atoms with van der Waals surface area (Å²) in [5, 5.41) is 3.98. The molecule has 1 aliphatic rings. The average molecular weight is 329 g/mol. The zero-order valence-corrected chi connectivity index (χ0v) is 14.5. The summed E-state index contributed by atoms with van der Waals surface area (Å²) in [5.74, 6) is 1.38. The molecule has 24 heavy (non-hydrogen) atoms. The van der Waals surface area contributed by atoms with Gasteiger partial charge >= 0.3 is 0 Å². The number of carbonyl (C=O) groups excluding carboxylic acids is 1. The lowest BCUT2D eigenvalue weighted by atomic mass is 10.0. The van der Waals surface area contributed by atoms with Crippen molar-refractivity contribution in [3.8, 4) is 5.75 Å². The molecule has 6 nitrogen and oxygen atoms in total. The van der Waals surface area contributed by atoms with Crippen molar-refractivity contribution in [2.75, 3.05) is 4.90 Å². The van der Waals surface area contributed by atoms with Crippen molar-refractivity contribution >= 4 is 11.6 Å². The maximum absolute atomic E-state index is 12.9. The van der Waals surface area contributed by atoms with Crippen LogP contribution in [0.3, 0.4) is 0 Å². The highest BCUT2D eigenvalue weighted by Crippen LogP contribution is 2.38. The Morgan fingerprint density at radius 2 is 2.12 bits per heavy atom. The van der Waals surface area contributed by atoms with Crippen LogP contribution < -0.4 is 15.4 Å². The van der Waals surface area contributed by atoms with E-state index in [1.165, 1.54) is 0 Å². The summed E-state index contributed by atoms with van der Waals surface area (Å²) in [6.45, 7) is 8.01. The summed E-state index contributed by atoms with van der Waals surface area (Å²) in [5.41, 5.74) is 9.43. The number of benzene rings is 1. The van der Waals surface area contributed by atoms with Crippen LogP contribution in [0.25, 0.3) is 0 Å². The molecular weight excluding hydrogens is 306 g/mol. The second-order valence-electron chi connectivity index (χ2n) is 6.26. The Morgan fingerprint density at radius 1 is 1.38 bits per heavy atom. The fourth-order valence-corrected chi connectivity index (χ4v) is 2.93. The van der Waals surface area contributed by atoms with Gasteiger partial charge in [0.25, 0.3) is 5.91 Å². The van der Waals surface area contributed by atoms with Crippen molar-refractivity contribution in [3.63, 3.8) is 0 Å². The summed E-state index contributed by atoms with van der Waals surface area (Å²) in [6.07, 6.45) is 0.143. The molecule has 2 aromatic rings. The van der Waals surface area contributed by atoms with Crippen LogP contribution in [0.1, 0.15) is 48.9 Å². The van der Waals surface area contributed by atoms with Crippen LogP contribution in [0.2, 0.25) is 0 Å². The topological polar surface area (TPSA) is 81.6 Å². The number of amides is 1. The van der Waals surface area contributed by atoms with Crippen LogP contribution in [0, 0.1) is 13.8 Å². The van der Waals surface area contributed by atoms with Crippen LogP contribution >= 0.6 is 0 Å². The Morgan fingerprint density at radius 3 is 2.71 bits per heavy atom. The number of aryl methyl sites for hydroxylation is 2. The molecule has 0 bridgehead atoms. The number of nitrogens with zero attached hydrogens (tertiary/aromatic N) is 2. The van der Waals surface area contributed by atoms with E-state index < -0.39 is 6.10 Å². The van der Waals surface area contributed by atoms with Crippen LogP contribution in [0.5, 0.6) is 5.75 Å². The summed E-state index contributed by atoms with van der Waals surface area (Å²) in [7, 11) is 0. The standard InChI is InChI=1S/C18H23N3O3/c1-5-16-18(22)21(9-14-11(3)20-24-12(14)4)15-8-13(10(2)19)6-7-17(15)23-16/h6-8,10,16H,5,9,19H2,1-4H3. The molecule has 0 saturated carbocycles. The van der Waals surface area contributed by atoms with Gasteiger partial charge in [-0.15, -0.1) is 0 Å². The quantitative estimate of drug-likeness (QED) is 0.932. The monoisotopic (exact) mass is 329 g/mol. The van der Waals surface area contributed by atoms with Crippen LogP contribution in [-0.4, -0.2) is 17.2 Å². The minimum Gasteiger partial charge on any atom is -0.478 e. The second kappa shape index (κ2) is 6.28. The van der Waals surface area contributed by atoms with Crippen LogP contribution in [-0.2, 0) is 11.3 Å². The molecule has 2 N–H and O–H groups in total. The van der Waals surface area contributed by atoms with E-state index in [1.807, 2.05) is 45.9 Å². The molecule has 0 aliphatic carbocycles. The van der Waals surface area contributed by atoms with Gasteiger partial charge in [-0.1, -0.05) is 18.1 Å². The van der Waals surface area contributed by atoms with E-state index in [4.69, 9.17) is 15.0 Å². The first-order valence-electron chi connectivity index (χ1n) is 8.21. The first-order chi connectivity index (χ1) is 11.4. The van der Waals surface area contributed by atoms with Gasteiger partial charge in [0.1, 0.15) is 11.5 Å². The molecule has 1 aromatic heterocycles. The number of fused-ring (bicyclic) bond motifs is 1. The number of hydrogen-bond donors (Lipinski definition) is 1. The molecule has 6 heteroatoms. The van der Waals surface area contributed by atoms with Crippen molar-refractivity contribution in [1.29, 1.82) is 0 Å². The average Bonchev–Trinajstić information content (AvgIpc) is 2.88. The predicted octanol–water partition coefficient (Wildman–Crippen LogP) is 3.02. The molecule has 1 aromatic carbocycles. The number of carbonyl (C=O) groups is 1. The van der Waals surface area contributed by atoms with Gasteiger partial charge in [-0.2, -0.15) is 0 Å². The first-order valence-corrected chi connectivity index (χ1v) is 8.21. The van der Waals surface area contributed by atoms with E-state index in [1.54, 1.807) is 4.90 Å². The van der Waals surface area contributed by atoms with E-state index in [0.717, 1.165) is 28.3 Å². The number of ether oxygens (including phenoxy) is 1. The van der Waals surface area contributed by atoms with Crippen LogP contribution in [0.15, 0.2) is 22.7 Å². The maximum atomic E-state index is 12.9. The van der Waals surface area contributed by atoms with Gasteiger partial charge in [0.05, 0.1) is 17.9 Å². The molecular formula is C18H23N3O3.